The van der Waals surface area contributed by atoms with E-state index in [9.17, 15) is 19.5 Å². The summed E-state index contributed by atoms with van der Waals surface area (Å²) >= 11 is 0. The number of carbonyl (C=O) groups is 3. The first-order valence-corrected chi connectivity index (χ1v) is 16.9. The molecule has 0 spiro atoms. The standard InChI is InChI=1S/C36H54N2O5/c1-6-21(2)32(37)33(41)38-31(19-23-7-10-25(40)11-8-23)34(42)43-26-15-17-35(4)24(20-26)9-12-27-29-14-13-28(22(3)39)36(29,5)18-16-30(27)35/h7-8,10-11,21,24,26-32,40H,6,9,12-20,37H2,1-5H3,(H,38,41)/t21?,24-,26+,27-,28+,29-,30-,31-,32-,35-,36+/m0/s1. The van der Waals surface area contributed by atoms with Crippen LogP contribution in [0, 0.1) is 46.3 Å². The van der Waals surface area contributed by atoms with Gasteiger partial charge < -0.3 is 20.9 Å². The first kappa shape index (κ1) is 32.0. The van der Waals surface area contributed by atoms with Crippen LogP contribution in [0.4, 0.5) is 0 Å². The van der Waals surface area contributed by atoms with Crippen LogP contribution in [0.1, 0.15) is 104 Å². The Bertz CT molecular complexity index is 1180. The number of Topliss-reactive ketones (excluding diaryl/α,β-unsaturated/α-hetero) is 1. The van der Waals surface area contributed by atoms with E-state index in [1.165, 1.54) is 19.3 Å². The number of phenols is 1. The Morgan fingerprint density at radius 1 is 1.00 bits per heavy atom. The van der Waals surface area contributed by atoms with Gasteiger partial charge in [-0.05, 0) is 123 Å². The van der Waals surface area contributed by atoms with E-state index in [4.69, 9.17) is 10.5 Å². The number of ketones is 1. The number of amides is 1. The van der Waals surface area contributed by atoms with E-state index in [0.717, 1.165) is 50.5 Å². The molecular weight excluding hydrogens is 540 g/mol. The summed E-state index contributed by atoms with van der Waals surface area (Å²) in [6.07, 6.45) is 10.6. The van der Waals surface area contributed by atoms with Crippen LogP contribution >= 0.6 is 0 Å². The van der Waals surface area contributed by atoms with Crippen molar-refractivity contribution in [2.24, 2.45) is 52.1 Å². The van der Waals surface area contributed by atoms with Crippen LogP contribution in [0.15, 0.2) is 24.3 Å². The molecule has 1 aromatic carbocycles. The number of hydrogen-bond acceptors (Lipinski definition) is 6. The minimum Gasteiger partial charge on any atom is -0.508 e. The third kappa shape index (κ3) is 6.12. The molecular formula is C36H54N2O5. The van der Waals surface area contributed by atoms with Crippen molar-refractivity contribution in [1.82, 2.24) is 5.32 Å². The van der Waals surface area contributed by atoms with Gasteiger partial charge in [0, 0.05) is 12.3 Å². The number of hydrogen-bond donors (Lipinski definition) is 3. The van der Waals surface area contributed by atoms with Crippen molar-refractivity contribution in [3.05, 3.63) is 29.8 Å². The molecule has 0 bridgehead atoms. The number of nitrogens with two attached hydrogens (primary N) is 1. The highest BCUT2D eigenvalue weighted by atomic mass is 16.5. The van der Waals surface area contributed by atoms with Gasteiger partial charge in [0.2, 0.25) is 5.91 Å². The number of aromatic hydroxyl groups is 1. The Hall–Kier alpha value is -2.41. The quantitative estimate of drug-likeness (QED) is 0.304. The molecule has 7 nitrogen and oxygen atoms in total. The Morgan fingerprint density at radius 3 is 2.35 bits per heavy atom. The van der Waals surface area contributed by atoms with Crippen molar-refractivity contribution >= 4 is 17.7 Å². The molecule has 4 fully saturated rings. The van der Waals surface area contributed by atoms with Gasteiger partial charge in [-0.15, -0.1) is 0 Å². The molecule has 0 saturated heterocycles. The normalized spacial score (nSPS) is 37.2. The molecule has 4 aliphatic rings. The van der Waals surface area contributed by atoms with Crippen molar-refractivity contribution in [3.63, 3.8) is 0 Å². The SMILES string of the molecule is CCC(C)[C@H](N)C(=O)N[C@@H](Cc1ccc(O)cc1)C(=O)O[C@@H]1CC[C@@]2(C)[C@@H](CC[C@@H]3[C@@H]2CC[C@]2(C)[C@@H](C(C)=O)CC[C@@H]32)C1. The summed E-state index contributed by atoms with van der Waals surface area (Å²) in [6.45, 7) is 10.6. The number of carbonyl (C=O) groups excluding carboxylic acids is 3. The van der Waals surface area contributed by atoms with Crippen LogP contribution in [-0.2, 0) is 25.5 Å². The number of fused-ring (bicyclic) bond motifs is 5. The van der Waals surface area contributed by atoms with Gasteiger partial charge in [0.1, 0.15) is 23.7 Å². The van der Waals surface area contributed by atoms with Crippen LogP contribution in [0.3, 0.4) is 0 Å². The Kier molecular flexibility index (Phi) is 9.33. The molecule has 238 valence electrons. The summed E-state index contributed by atoms with van der Waals surface area (Å²) < 4.78 is 6.19. The van der Waals surface area contributed by atoms with Crippen LogP contribution in [0.25, 0.3) is 0 Å². The van der Waals surface area contributed by atoms with Crippen LogP contribution in [0.2, 0.25) is 0 Å². The average Bonchev–Trinajstić information content (AvgIpc) is 3.34. The number of ether oxygens (including phenoxy) is 1. The Morgan fingerprint density at radius 2 is 1.67 bits per heavy atom. The molecule has 4 aliphatic carbocycles. The third-order valence-electron chi connectivity index (χ3n) is 12.9. The lowest BCUT2D eigenvalue weighted by Gasteiger charge is -2.61. The Balaban J connectivity index is 1.25. The molecule has 1 unspecified atom stereocenters. The number of esters is 1. The van der Waals surface area contributed by atoms with Crippen LogP contribution in [0.5, 0.6) is 5.75 Å². The summed E-state index contributed by atoms with van der Waals surface area (Å²) in [6, 6.07) is 5.15. The van der Waals surface area contributed by atoms with Crippen LogP contribution in [-0.4, -0.2) is 41.0 Å². The van der Waals surface area contributed by atoms with Gasteiger partial charge in [-0.25, -0.2) is 4.79 Å². The van der Waals surface area contributed by atoms with E-state index >= 15 is 0 Å². The molecule has 0 aliphatic heterocycles. The Labute approximate surface area is 258 Å². The first-order chi connectivity index (χ1) is 20.4. The molecule has 0 heterocycles. The predicted octanol–water partition coefficient (Wildman–Crippen LogP) is 5.95. The van der Waals surface area contributed by atoms with Gasteiger partial charge in [-0.3, -0.25) is 9.59 Å². The van der Waals surface area contributed by atoms with Gasteiger partial charge in [0.15, 0.2) is 0 Å². The summed E-state index contributed by atoms with van der Waals surface area (Å²) in [5, 5.41) is 12.6. The summed E-state index contributed by atoms with van der Waals surface area (Å²) in [5.74, 6) is 2.55. The zero-order valence-corrected chi connectivity index (χ0v) is 26.9. The largest absolute Gasteiger partial charge is 0.508 e. The summed E-state index contributed by atoms with van der Waals surface area (Å²) in [5.41, 5.74) is 7.44. The van der Waals surface area contributed by atoms with Crippen molar-refractivity contribution in [1.29, 1.82) is 0 Å². The maximum atomic E-state index is 13.6. The molecule has 43 heavy (non-hydrogen) atoms. The molecule has 11 atom stereocenters. The molecule has 4 N–H and O–H groups in total. The van der Waals surface area contributed by atoms with Gasteiger partial charge in [-0.2, -0.15) is 0 Å². The lowest BCUT2D eigenvalue weighted by Crippen LogP contribution is -2.55. The van der Waals surface area contributed by atoms with E-state index in [1.807, 2.05) is 13.8 Å². The molecule has 1 amide bonds. The van der Waals surface area contributed by atoms with Crippen molar-refractivity contribution in [2.45, 2.75) is 123 Å². The zero-order chi connectivity index (χ0) is 31.1. The fourth-order valence-electron chi connectivity index (χ4n) is 10.1. The summed E-state index contributed by atoms with van der Waals surface area (Å²) in [4.78, 5) is 39.2. The van der Waals surface area contributed by atoms with Gasteiger partial charge in [0.25, 0.3) is 0 Å². The van der Waals surface area contributed by atoms with Gasteiger partial charge in [-0.1, -0.05) is 46.2 Å². The number of nitrogens with one attached hydrogen (secondary N) is 1. The number of phenolic OH excluding ortho intramolecular Hbond substituents is 1. The zero-order valence-electron chi connectivity index (χ0n) is 26.9. The number of benzene rings is 1. The fraction of sp³-hybridized carbons (Fsp3) is 0.750. The average molecular weight is 595 g/mol. The second kappa shape index (κ2) is 12.5. The highest BCUT2D eigenvalue weighted by Gasteiger charge is 2.61. The maximum absolute atomic E-state index is 13.6. The maximum Gasteiger partial charge on any atom is 0.329 e. The molecule has 7 heteroatoms. The summed E-state index contributed by atoms with van der Waals surface area (Å²) in [7, 11) is 0. The lowest BCUT2D eigenvalue weighted by atomic mass is 9.44. The third-order valence-corrected chi connectivity index (χ3v) is 12.9. The second-order valence-electron chi connectivity index (χ2n) is 15.1. The van der Waals surface area contributed by atoms with E-state index in [2.05, 4.69) is 19.2 Å². The highest BCUT2D eigenvalue weighted by molar-refractivity contribution is 5.87. The minimum absolute atomic E-state index is 0.00766. The molecule has 5 rings (SSSR count). The van der Waals surface area contributed by atoms with E-state index in [1.54, 1.807) is 31.2 Å². The van der Waals surface area contributed by atoms with Gasteiger partial charge in [0.05, 0.1) is 6.04 Å². The van der Waals surface area contributed by atoms with Crippen molar-refractivity contribution in [2.75, 3.05) is 0 Å². The van der Waals surface area contributed by atoms with Crippen molar-refractivity contribution < 1.29 is 24.2 Å². The molecule has 4 saturated carbocycles. The predicted molar refractivity (Wildman–Crippen MR) is 167 cm³/mol. The molecule has 0 radical (unpaired) electrons. The number of rotatable bonds is 9. The highest BCUT2D eigenvalue weighted by Crippen LogP contribution is 2.67. The van der Waals surface area contributed by atoms with Crippen LogP contribution < -0.4 is 11.1 Å². The first-order valence-electron chi connectivity index (χ1n) is 16.9. The minimum atomic E-state index is -0.844. The van der Waals surface area contributed by atoms with Crippen molar-refractivity contribution in [3.8, 4) is 5.75 Å². The fourth-order valence-corrected chi connectivity index (χ4v) is 10.1. The second-order valence-corrected chi connectivity index (χ2v) is 15.1. The topological polar surface area (TPSA) is 119 Å². The lowest BCUT2D eigenvalue weighted by molar-refractivity contribution is -0.165. The van der Waals surface area contributed by atoms with Gasteiger partial charge >= 0.3 is 5.97 Å². The molecule has 1 aromatic rings. The smallest absolute Gasteiger partial charge is 0.329 e. The van der Waals surface area contributed by atoms with E-state index in [-0.39, 0.29) is 46.8 Å². The monoisotopic (exact) mass is 594 g/mol. The van der Waals surface area contributed by atoms with E-state index < -0.39 is 18.1 Å². The molecule has 0 aromatic heterocycles. The van der Waals surface area contributed by atoms with E-state index in [0.29, 0.717) is 29.5 Å².